The van der Waals surface area contributed by atoms with Crippen molar-refractivity contribution in [2.45, 2.75) is 32.2 Å². The van der Waals surface area contributed by atoms with Crippen LogP contribution < -0.4 is 5.32 Å². The van der Waals surface area contributed by atoms with Crippen LogP contribution in [0, 0.1) is 5.92 Å². The molecule has 1 fully saturated rings. The summed E-state index contributed by atoms with van der Waals surface area (Å²) in [5.41, 5.74) is 1.95. The molecule has 2 aromatic carbocycles. The highest BCUT2D eigenvalue weighted by molar-refractivity contribution is 5.87. The molecule has 1 saturated heterocycles. The van der Waals surface area contributed by atoms with Crippen molar-refractivity contribution in [2.24, 2.45) is 5.92 Å². The van der Waals surface area contributed by atoms with E-state index in [4.69, 9.17) is 9.15 Å². The molecule has 2 amide bonds. The molecule has 1 aromatic heterocycles. The normalized spacial score (nSPS) is 19.1. The molecule has 0 aliphatic carbocycles. The number of benzene rings is 2. The lowest BCUT2D eigenvalue weighted by Crippen LogP contribution is -2.61. The number of amides is 2. The minimum absolute atomic E-state index is 0.0175. The first-order valence-electron chi connectivity index (χ1n) is 9.98. The minimum atomic E-state index is -0.543. The van der Waals surface area contributed by atoms with E-state index >= 15 is 0 Å². The molecule has 6 nitrogen and oxygen atoms in total. The van der Waals surface area contributed by atoms with Crippen LogP contribution in [0.2, 0.25) is 0 Å². The number of rotatable bonds is 7. The Labute approximate surface area is 175 Å². The molecule has 0 unspecified atom stereocenters. The first-order chi connectivity index (χ1) is 14.6. The van der Waals surface area contributed by atoms with Gasteiger partial charge in [-0.1, -0.05) is 60.7 Å². The van der Waals surface area contributed by atoms with Crippen LogP contribution in [0.5, 0.6) is 0 Å². The van der Waals surface area contributed by atoms with E-state index in [0.29, 0.717) is 12.3 Å². The van der Waals surface area contributed by atoms with Crippen molar-refractivity contribution in [3.05, 3.63) is 95.9 Å². The fourth-order valence-corrected chi connectivity index (χ4v) is 3.85. The van der Waals surface area contributed by atoms with Gasteiger partial charge in [-0.25, -0.2) is 4.79 Å². The lowest BCUT2D eigenvalue weighted by atomic mass is 9.80. The smallest absolute Gasteiger partial charge is 0.407 e. The van der Waals surface area contributed by atoms with Crippen molar-refractivity contribution in [3.8, 4) is 0 Å². The zero-order valence-electron chi connectivity index (χ0n) is 16.7. The zero-order chi connectivity index (χ0) is 20.9. The van der Waals surface area contributed by atoms with Crippen LogP contribution in [-0.2, 0) is 22.7 Å². The molecule has 3 atom stereocenters. The van der Waals surface area contributed by atoms with Crippen molar-refractivity contribution in [1.82, 2.24) is 10.2 Å². The predicted molar refractivity (Wildman–Crippen MR) is 111 cm³/mol. The van der Waals surface area contributed by atoms with Gasteiger partial charge in [0.1, 0.15) is 18.4 Å². The summed E-state index contributed by atoms with van der Waals surface area (Å²) in [7, 11) is 0. The topological polar surface area (TPSA) is 71.8 Å². The van der Waals surface area contributed by atoms with Crippen LogP contribution in [-0.4, -0.2) is 22.9 Å². The van der Waals surface area contributed by atoms with Crippen molar-refractivity contribution >= 4 is 12.0 Å². The number of carbonyl (C=O) groups is 2. The van der Waals surface area contributed by atoms with Crippen LogP contribution in [0.1, 0.15) is 29.9 Å². The van der Waals surface area contributed by atoms with E-state index in [1.807, 2.05) is 79.7 Å². The molecule has 30 heavy (non-hydrogen) atoms. The number of nitrogens with one attached hydrogen (secondary N) is 1. The van der Waals surface area contributed by atoms with E-state index in [1.165, 1.54) is 0 Å². The Morgan fingerprint density at radius 1 is 1.03 bits per heavy atom. The highest BCUT2D eigenvalue weighted by atomic mass is 16.5. The minimum Gasteiger partial charge on any atom is -0.467 e. The van der Waals surface area contributed by atoms with Gasteiger partial charge in [0.25, 0.3) is 0 Å². The van der Waals surface area contributed by atoms with Gasteiger partial charge in [-0.15, -0.1) is 0 Å². The molecule has 1 aliphatic heterocycles. The monoisotopic (exact) mass is 404 g/mol. The molecule has 3 aromatic rings. The molecule has 4 rings (SSSR count). The summed E-state index contributed by atoms with van der Waals surface area (Å²) in [6.45, 7) is 2.49. The Bertz CT molecular complexity index is 973. The molecule has 2 heterocycles. The Hall–Kier alpha value is -3.54. The quantitative estimate of drug-likeness (QED) is 0.596. The van der Waals surface area contributed by atoms with Crippen LogP contribution in [0.3, 0.4) is 0 Å². The third-order valence-corrected chi connectivity index (χ3v) is 5.37. The number of carbonyl (C=O) groups excluding carboxylic acids is 2. The second-order valence-corrected chi connectivity index (χ2v) is 7.43. The molecular formula is C24H24N2O4. The number of alkyl carbamates (subject to hydrolysis) is 1. The number of hydrogen-bond donors (Lipinski definition) is 1. The summed E-state index contributed by atoms with van der Waals surface area (Å²) in [4.78, 5) is 27.0. The third kappa shape index (κ3) is 4.22. The molecule has 6 heteroatoms. The molecule has 0 saturated carbocycles. The maximum atomic E-state index is 13.0. The van der Waals surface area contributed by atoms with Gasteiger partial charge in [-0.3, -0.25) is 4.79 Å². The molecule has 0 spiro atoms. The number of nitrogens with zero attached hydrogens (tertiary/aromatic N) is 1. The second kappa shape index (κ2) is 8.86. The first kappa shape index (κ1) is 19.8. The van der Waals surface area contributed by atoms with E-state index < -0.39 is 18.1 Å². The zero-order valence-corrected chi connectivity index (χ0v) is 16.7. The lowest BCUT2D eigenvalue weighted by Gasteiger charge is -2.48. The number of likely N-dealkylation sites (tertiary alicyclic amines) is 1. The van der Waals surface area contributed by atoms with E-state index in [2.05, 4.69) is 5.32 Å². The molecule has 1 aliphatic rings. The van der Waals surface area contributed by atoms with Gasteiger partial charge in [-0.2, -0.15) is 0 Å². The number of furan rings is 1. The van der Waals surface area contributed by atoms with Crippen LogP contribution in [0.15, 0.2) is 83.5 Å². The Morgan fingerprint density at radius 2 is 1.70 bits per heavy atom. The molecular weight excluding hydrogens is 380 g/mol. The fraction of sp³-hybridized carbons (Fsp3) is 0.250. The number of hydrogen-bond acceptors (Lipinski definition) is 4. The average molecular weight is 404 g/mol. The summed E-state index contributed by atoms with van der Waals surface area (Å²) in [6.07, 6.45) is 1.06. The molecule has 0 radical (unpaired) electrons. The van der Waals surface area contributed by atoms with Crippen molar-refractivity contribution in [1.29, 1.82) is 0 Å². The summed E-state index contributed by atoms with van der Waals surface area (Å²) in [6, 6.07) is 22.3. The maximum Gasteiger partial charge on any atom is 0.407 e. The molecule has 154 valence electrons. The molecule has 1 N–H and O–H groups in total. The van der Waals surface area contributed by atoms with Gasteiger partial charge < -0.3 is 19.4 Å². The largest absolute Gasteiger partial charge is 0.467 e. The summed E-state index contributed by atoms with van der Waals surface area (Å²) < 4.78 is 10.9. The van der Waals surface area contributed by atoms with Gasteiger partial charge in [0.15, 0.2) is 0 Å². The SMILES string of the molecule is C[C@H](NC(=O)OCc1ccccc1)[C@@H]1C(=O)N(Cc2ccccc2)[C@H]1c1ccco1. The highest BCUT2D eigenvalue weighted by Gasteiger charge is 2.52. The Balaban J connectivity index is 1.41. The summed E-state index contributed by atoms with van der Waals surface area (Å²) >= 11 is 0. The standard InChI is InChI=1S/C24H24N2O4/c1-17(25-24(28)30-16-19-11-6-3-7-12-19)21-22(20-13-8-14-29-20)26(23(21)27)15-18-9-4-2-5-10-18/h2-14,17,21-22H,15-16H2,1H3,(H,25,28)/t17-,21-,22-/m0/s1. The van der Waals surface area contributed by atoms with Crippen molar-refractivity contribution < 1.29 is 18.7 Å². The lowest BCUT2D eigenvalue weighted by molar-refractivity contribution is -0.161. The molecule has 0 bridgehead atoms. The Kier molecular flexibility index (Phi) is 5.84. The predicted octanol–water partition coefficient (Wildman–Crippen LogP) is 4.29. The summed E-state index contributed by atoms with van der Waals surface area (Å²) in [5.74, 6) is 0.280. The van der Waals surface area contributed by atoms with Crippen molar-refractivity contribution in [3.63, 3.8) is 0 Å². The third-order valence-electron chi connectivity index (χ3n) is 5.37. The first-order valence-corrected chi connectivity index (χ1v) is 9.98. The number of ether oxygens (including phenoxy) is 1. The fourth-order valence-electron chi connectivity index (χ4n) is 3.85. The van der Waals surface area contributed by atoms with Gasteiger partial charge in [-0.05, 0) is 30.2 Å². The van der Waals surface area contributed by atoms with Gasteiger partial charge in [0.2, 0.25) is 5.91 Å². The second-order valence-electron chi connectivity index (χ2n) is 7.43. The highest BCUT2D eigenvalue weighted by Crippen LogP contribution is 2.43. The van der Waals surface area contributed by atoms with E-state index in [-0.39, 0.29) is 18.6 Å². The van der Waals surface area contributed by atoms with Crippen LogP contribution >= 0.6 is 0 Å². The Morgan fingerprint density at radius 3 is 2.33 bits per heavy atom. The van der Waals surface area contributed by atoms with Crippen LogP contribution in [0.25, 0.3) is 0 Å². The van der Waals surface area contributed by atoms with E-state index in [0.717, 1.165) is 11.1 Å². The van der Waals surface area contributed by atoms with Gasteiger partial charge in [0, 0.05) is 12.6 Å². The maximum absolute atomic E-state index is 13.0. The van der Waals surface area contributed by atoms with E-state index in [9.17, 15) is 9.59 Å². The van der Waals surface area contributed by atoms with Crippen LogP contribution in [0.4, 0.5) is 4.79 Å². The van der Waals surface area contributed by atoms with Gasteiger partial charge in [0.05, 0.1) is 12.2 Å². The van der Waals surface area contributed by atoms with Gasteiger partial charge >= 0.3 is 6.09 Å². The number of β-lactam (4-membered cyclic amide) rings is 1. The summed E-state index contributed by atoms with van der Waals surface area (Å²) in [5, 5.41) is 2.81. The van der Waals surface area contributed by atoms with Crippen molar-refractivity contribution in [2.75, 3.05) is 0 Å². The average Bonchev–Trinajstić information content (AvgIpc) is 3.29. The van der Waals surface area contributed by atoms with E-state index in [1.54, 1.807) is 11.2 Å².